The van der Waals surface area contributed by atoms with Gasteiger partial charge in [0, 0.05) is 59.7 Å². The number of nitrogens with zero attached hydrogens (tertiary/aromatic N) is 5. The van der Waals surface area contributed by atoms with Crippen molar-refractivity contribution in [1.82, 2.24) is 19.9 Å². The third-order valence-electron chi connectivity index (χ3n) is 9.94. The number of ether oxygens (including phenoxy) is 2. The van der Waals surface area contributed by atoms with Crippen LogP contribution in [0.3, 0.4) is 0 Å². The summed E-state index contributed by atoms with van der Waals surface area (Å²) in [5.74, 6) is -5.22. The van der Waals surface area contributed by atoms with Crippen LogP contribution in [0.2, 0.25) is 0 Å². The zero-order valence-corrected chi connectivity index (χ0v) is 24.9. The highest BCUT2D eigenvalue weighted by atomic mass is 19.2. The summed E-state index contributed by atoms with van der Waals surface area (Å²) in [6.45, 7) is -5.67. The van der Waals surface area contributed by atoms with E-state index in [1.54, 1.807) is 9.80 Å². The van der Waals surface area contributed by atoms with E-state index in [4.69, 9.17) is 16.0 Å². The van der Waals surface area contributed by atoms with Gasteiger partial charge in [-0.25, -0.2) is 26.3 Å². The molecule has 5 heterocycles. The number of alkyl halides is 3. The van der Waals surface area contributed by atoms with E-state index in [9.17, 15) is 8.78 Å². The van der Waals surface area contributed by atoms with E-state index in [1.807, 2.05) is 0 Å². The maximum Gasteiger partial charge on any atom is 0.319 e. The maximum atomic E-state index is 17.0. The third-order valence-corrected chi connectivity index (χ3v) is 9.94. The van der Waals surface area contributed by atoms with Crippen molar-refractivity contribution in [3.05, 3.63) is 41.8 Å². The Morgan fingerprint density at radius 2 is 1.87 bits per heavy atom. The zero-order chi connectivity index (χ0) is 36.2. The van der Waals surface area contributed by atoms with Gasteiger partial charge in [0.1, 0.15) is 44.5 Å². The molecule has 0 unspecified atom stereocenters. The molecule has 3 saturated heterocycles. The predicted octanol–water partition coefficient (Wildman–Crippen LogP) is 6.43. The highest BCUT2D eigenvalue weighted by Crippen LogP contribution is 2.48. The fourth-order valence-electron chi connectivity index (χ4n) is 7.78. The third kappa shape index (κ3) is 4.89. The summed E-state index contributed by atoms with van der Waals surface area (Å²) in [6.07, 6.45) is 1.46. The van der Waals surface area contributed by atoms with Crippen molar-refractivity contribution in [2.45, 2.75) is 62.4 Å². The van der Waals surface area contributed by atoms with E-state index in [1.165, 1.54) is 6.20 Å². The van der Waals surface area contributed by atoms with Crippen molar-refractivity contribution in [1.29, 1.82) is 0 Å². The SMILES string of the molecule is [2H]C([2H])(F)Oc1c(F)cc(F)c2cc(N)cc(-c3ncc4c(N5CCCC[C@H]6[C@H](F)[C@H]65)nc(OC([2H])([2H])[C@@]56CCCN5C[C@H](F)C6)nc4c3F)c12. The molecular formula is C33H32F6N6O2. The number of rotatable bonds is 7. The molecular weight excluding hydrogens is 626 g/mol. The molecule has 0 radical (unpaired) electrons. The van der Waals surface area contributed by atoms with Crippen molar-refractivity contribution < 1.29 is 41.3 Å². The summed E-state index contributed by atoms with van der Waals surface area (Å²) in [5, 5.41) is -1.03. The Bertz CT molecular complexity index is 2080. The van der Waals surface area contributed by atoms with E-state index in [-0.39, 0.29) is 35.8 Å². The van der Waals surface area contributed by atoms with Gasteiger partial charge in [0.2, 0.25) is 6.81 Å². The van der Waals surface area contributed by atoms with Gasteiger partial charge >= 0.3 is 6.01 Å². The fourth-order valence-corrected chi connectivity index (χ4v) is 7.78. The summed E-state index contributed by atoms with van der Waals surface area (Å²) in [4.78, 5) is 16.3. The van der Waals surface area contributed by atoms with Crippen LogP contribution >= 0.6 is 0 Å². The number of aromatic nitrogens is 3. The number of anilines is 2. The Kier molecular flexibility index (Phi) is 6.23. The van der Waals surface area contributed by atoms with Gasteiger partial charge in [-0.3, -0.25) is 9.88 Å². The Morgan fingerprint density at radius 3 is 2.70 bits per heavy atom. The number of fused-ring (bicyclic) bond motifs is 4. The first-order valence-corrected chi connectivity index (χ1v) is 15.5. The number of halogens is 6. The van der Waals surface area contributed by atoms with Gasteiger partial charge in [-0.2, -0.15) is 9.97 Å². The van der Waals surface area contributed by atoms with Gasteiger partial charge in [-0.1, -0.05) is 6.42 Å². The lowest BCUT2D eigenvalue weighted by Crippen LogP contribution is -2.43. The molecule has 248 valence electrons. The minimum Gasteiger partial charge on any atom is -0.461 e. The van der Waals surface area contributed by atoms with Gasteiger partial charge in [-0.05, 0) is 44.4 Å². The molecule has 1 saturated carbocycles. The first kappa shape index (κ1) is 26.0. The molecule has 4 aliphatic rings. The minimum absolute atomic E-state index is 0.00334. The molecule has 8 nitrogen and oxygen atoms in total. The van der Waals surface area contributed by atoms with Gasteiger partial charge in [0.25, 0.3) is 0 Å². The smallest absolute Gasteiger partial charge is 0.319 e. The molecule has 14 heteroatoms. The van der Waals surface area contributed by atoms with Gasteiger partial charge in [0.15, 0.2) is 17.4 Å². The van der Waals surface area contributed by atoms with E-state index in [2.05, 4.69) is 19.7 Å². The summed E-state index contributed by atoms with van der Waals surface area (Å²) in [5.41, 5.74) is 3.07. The second-order valence-electron chi connectivity index (χ2n) is 12.7. The minimum atomic E-state index is -3.93. The summed E-state index contributed by atoms with van der Waals surface area (Å²) in [7, 11) is 0. The van der Waals surface area contributed by atoms with Crippen LogP contribution in [0.5, 0.6) is 11.8 Å². The molecule has 5 atom stereocenters. The van der Waals surface area contributed by atoms with Crippen LogP contribution in [-0.2, 0) is 0 Å². The summed E-state index contributed by atoms with van der Waals surface area (Å²) >= 11 is 0. The quantitative estimate of drug-likeness (QED) is 0.179. The largest absolute Gasteiger partial charge is 0.461 e. The van der Waals surface area contributed by atoms with Crippen molar-refractivity contribution in [2.24, 2.45) is 5.92 Å². The molecule has 3 aliphatic heterocycles. The summed E-state index contributed by atoms with van der Waals surface area (Å²) in [6, 6.07) is 1.29. The van der Waals surface area contributed by atoms with Crippen LogP contribution in [-0.4, -0.2) is 76.8 Å². The van der Waals surface area contributed by atoms with Crippen LogP contribution in [0.4, 0.5) is 37.8 Å². The fraction of sp³-hybridized carbons (Fsp3) is 0.485. The van der Waals surface area contributed by atoms with Gasteiger partial charge in [0.05, 0.1) is 19.7 Å². The van der Waals surface area contributed by atoms with Crippen molar-refractivity contribution in [3.8, 4) is 23.0 Å². The Labute approximate surface area is 271 Å². The Balaban J connectivity index is 1.33. The molecule has 0 bridgehead atoms. The molecule has 2 aromatic carbocycles. The second-order valence-corrected chi connectivity index (χ2v) is 12.7. The van der Waals surface area contributed by atoms with Crippen LogP contribution in [0.1, 0.15) is 44.0 Å². The normalized spacial score (nSPS) is 29.1. The molecule has 2 aromatic heterocycles. The zero-order valence-electron chi connectivity index (χ0n) is 28.9. The van der Waals surface area contributed by atoms with Crippen LogP contribution in [0, 0.1) is 23.4 Å². The number of hydrogen-bond donors (Lipinski definition) is 1. The lowest BCUT2D eigenvalue weighted by atomic mass is 9.95. The molecule has 8 rings (SSSR count). The lowest BCUT2D eigenvalue weighted by molar-refractivity contribution is 0.107. The summed E-state index contributed by atoms with van der Waals surface area (Å²) < 4.78 is 134. The van der Waals surface area contributed by atoms with E-state index in [0.717, 1.165) is 18.6 Å². The van der Waals surface area contributed by atoms with E-state index in [0.29, 0.717) is 44.8 Å². The number of nitrogens with two attached hydrogens (primary N) is 1. The number of hydrogen-bond acceptors (Lipinski definition) is 8. The van der Waals surface area contributed by atoms with Gasteiger partial charge in [-0.15, -0.1) is 0 Å². The van der Waals surface area contributed by atoms with E-state index < -0.39 is 94.1 Å². The Hall–Kier alpha value is -4.07. The molecule has 47 heavy (non-hydrogen) atoms. The predicted molar refractivity (Wildman–Crippen MR) is 163 cm³/mol. The molecule has 1 aliphatic carbocycles. The number of pyridine rings is 1. The van der Waals surface area contributed by atoms with Crippen molar-refractivity contribution in [2.75, 3.05) is 43.6 Å². The standard InChI is InChI=1S/C33H32F6N6O2/c34-15-47-30-23(37)10-22(36)19-8-17(40)9-20(24(19)30)27-26(39)28-21(12-41-27)31(45-7-2-1-4-18-25(38)29(18)45)43-32(42-28)46-14-33-5-3-6-44(33)13-16(35)11-33/h8-10,12,16,18,25,29H,1-7,11,13-15,40H2/t16-,18+,25+,29+,33+/m1/s1/i14D2,15D2. The van der Waals surface area contributed by atoms with Crippen LogP contribution in [0.25, 0.3) is 32.9 Å². The molecule has 0 amide bonds. The lowest BCUT2D eigenvalue weighted by Gasteiger charge is -2.31. The molecule has 4 aromatic rings. The first-order chi connectivity index (χ1) is 24.1. The Morgan fingerprint density at radius 1 is 1.02 bits per heavy atom. The average Bonchev–Trinajstić information content (AvgIpc) is 3.40. The van der Waals surface area contributed by atoms with Crippen molar-refractivity contribution >= 4 is 33.2 Å². The van der Waals surface area contributed by atoms with Crippen molar-refractivity contribution in [3.63, 3.8) is 0 Å². The topological polar surface area (TPSA) is 89.6 Å². The number of nitrogen functional groups attached to an aromatic ring is 1. The van der Waals surface area contributed by atoms with Crippen LogP contribution in [0.15, 0.2) is 24.4 Å². The first-order valence-electron chi connectivity index (χ1n) is 17.5. The molecule has 2 N–H and O–H groups in total. The number of benzene rings is 2. The van der Waals surface area contributed by atoms with Crippen LogP contribution < -0.4 is 20.1 Å². The molecule has 4 fully saturated rings. The second kappa shape index (κ2) is 11.3. The molecule has 0 spiro atoms. The van der Waals surface area contributed by atoms with E-state index >= 15 is 17.6 Å². The monoisotopic (exact) mass is 662 g/mol. The van der Waals surface area contributed by atoms with Gasteiger partial charge < -0.3 is 20.1 Å². The average molecular weight is 663 g/mol. The maximum absolute atomic E-state index is 17.0. The highest BCUT2D eigenvalue weighted by Gasteiger charge is 2.56. The highest BCUT2D eigenvalue weighted by molar-refractivity contribution is 6.04.